The molecule has 1 aliphatic rings. The molecule has 0 spiro atoms. The van der Waals surface area contributed by atoms with Gasteiger partial charge in [0.2, 0.25) is 0 Å². The molecule has 1 aliphatic heterocycles. The summed E-state index contributed by atoms with van der Waals surface area (Å²) in [4.78, 5) is 9.61. The van der Waals surface area contributed by atoms with Crippen LogP contribution in [0.1, 0.15) is 35.6 Å². The van der Waals surface area contributed by atoms with Crippen LogP contribution in [0.4, 0.5) is 0 Å². The molecule has 0 amide bonds. The van der Waals surface area contributed by atoms with Gasteiger partial charge in [-0.1, -0.05) is 41.4 Å². The molecule has 4 rings (SSSR count). The van der Waals surface area contributed by atoms with Gasteiger partial charge in [0.05, 0.1) is 23.3 Å². The molecule has 3 aromatic rings. The second-order valence-electron chi connectivity index (χ2n) is 6.27. The lowest BCUT2D eigenvalue weighted by Gasteiger charge is -2.15. The van der Waals surface area contributed by atoms with Gasteiger partial charge in [-0.2, -0.15) is 0 Å². The predicted octanol–water partition coefficient (Wildman–Crippen LogP) is 4.81. The molecule has 0 saturated heterocycles. The van der Waals surface area contributed by atoms with Crippen molar-refractivity contribution in [3.8, 4) is 5.69 Å². The van der Waals surface area contributed by atoms with E-state index in [-0.39, 0.29) is 6.04 Å². The first-order valence-corrected chi connectivity index (χ1v) is 9.20. The first kappa shape index (κ1) is 17.3. The van der Waals surface area contributed by atoms with E-state index in [9.17, 15) is 0 Å². The van der Waals surface area contributed by atoms with Crippen molar-refractivity contribution >= 4 is 28.9 Å². The summed E-state index contributed by atoms with van der Waals surface area (Å²) in [6.45, 7) is 2.76. The fourth-order valence-corrected chi connectivity index (χ4v) is 3.76. The lowest BCUT2D eigenvalue weighted by Crippen LogP contribution is -2.13. The van der Waals surface area contributed by atoms with Crippen molar-refractivity contribution in [3.63, 3.8) is 0 Å². The van der Waals surface area contributed by atoms with Crippen LogP contribution in [0, 0.1) is 0 Å². The highest BCUT2D eigenvalue weighted by molar-refractivity contribution is 6.36. The number of nitrogens with one attached hydrogen (secondary N) is 1. The fourth-order valence-electron chi connectivity index (χ4n) is 3.36. The van der Waals surface area contributed by atoms with Gasteiger partial charge in [-0.3, -0.25) is 9.56 Å². The number of aromatic nitrogens is 2. The third kappa shape index (κ3) is 2.84. The quantitative estimate of drug-likeness (QED) is 0.703. The average molecular weight is 385 g/mol. The predicted molar refractivity (Wildman–Crippen MR) is 107 cm³/mol. The van der Waals surface area contributed by atoms with Crippen molar-refractivity contribution in [1.82, 2.24) is 14.9 Å². The molecule has 1 atom stereocenters. The number of benzene rings is 2. The Hall–Kier alpha value is -2.14. The van der Waals surface area contributed by atoms with Crippen molar-refractivity contribution in [2.75, 3.05) is 7.05 Å². The summed E-state index contributed by atoms with van der Waals surface area (Å²) >= 11 is 12.8. The molecule has 0 radical (unpaired) electrons. The van der Waals surface area contributed by atoms with Gasteiger partial charge in [0.1, 0.15) is 11.9 Å². The van der Waals surface area contributed by atoms with Crippen LogP contribution in [0.25, 0.3) is 5.69 Å². The first-order valence-electron chi connectivity index (χ1n) is 8.44. The van der Waals surface area contributed by atoms with E-state index in [1.165, 1.54) is 0 Å². The molecule has 2 aromatic carbocycles. The normalized spacial score (nSPS) is 15.8. The van der Waals surface area contributed by atoms with Gasteiger partial charge in [-0.25, -0.2) is 4.98 Å². The van der Waals surface area contributed by atoms with Crippen molar-refractivity contribution in [2.24, 2.45) is 4.99 Å². The topological polar surface area (TPSA) is 42.2 Å². The Kier molecular flexibility index (Phi) is 4.57. The fraction of sp³-hybridized carbons (Fsp3) is 0.200. The molecule has 1 N–H and O–H groups in total. The average Bonchev–Trinajstić information content (AvgIpc) is 2.99. The third-order valence-electron chi connectivity index (χ3n) is 4.50. The maximum absolute atomic E-state index is 6.48. The summed E-state index contributed by atoms with van der Waals surface area (Å²) in [7, 11) is 1.93. The molecule has 6 heteroatoms. The smallest absolute Gasteiger partial charge is 0.138 e. The number of nitrogens with zero attached hydrogens (tertiary/aromatic N) is 3. The first-order chi connectivity index (χ1) is 12.6. The van der Waals surface area contributed by atoms with Crippen LogP contribution < -0.4 is 5.32 Å². The second kappa shape index (κ2) is 6.88. The van der Waals surface area contributed by atoms with Crippen molar-refractivity contribution in [2.45, 2.75) is 19.5 Å². The molecule has 0 saturated carbocycles. The van der Waals surface area contributed by atoms with Crippen molar-refractivity contribution in [1.29, 1.82) is 0 Å². The SMILES string of the molecule is CNCc1cnc2n1-c1ccc(Cl)cc1C(c1ccccc1Cl)=NC2C. The van der Waals surface area contributed by atoms with Crippen LogP contribution in [-0.2, 0) is 6.54 Å². The summed E-state index contributed by atoms with van der Waals surface area (Å²) in [5, 5.41) is 4.53. The van der Waals surface area contributed by atoms with E-state index in [4.69, 9.17) is 28.2 Å². The largest absolute Gasteiger partial charge is 0.314 e. The van der Waals surface area contributed by atoms with Gasteiger partial charge in [0.15, 0.2) is 0 Å². The number of imidazole rings is 1. The van der Waals surface area contributed by atoms with Crippen LogP contribution in [0.5, 0.6) is 0 Å². The summed E-state index contributed by atoms with van der Waals surface area (Å²) in [6.07, 6.45) is 1.90. The molecule has 26 heavy (non-hydrogen) atoms. The lowest BCUT2D eigenvalue weighted by atomic mass is 10.00. The summed E-state index contributed by atoms with van der Waals surface area (Å²) < 4.78 is 2.17. The van der Waals surface area contributed by atoms with Crippen molar-refractivity contribution < 1.29 is 0 Å². The molecule has 0 aliphatic carbocycles. The van der Waals surface area contributed by atoms with Gasteiger partial charge in [0.25, 0.3) is 0 Å². The molecule has 0 fully saturated rings. The maximum atomic E-state index is 6.48. The number of fused-ring (bicyclic) bond motifs is 3. The summed E-state index contributed by atoms with van der Waals surface area (Å²) in [6, 6.07) is 13.5. The molecular formula is C20H18Cl2N4. The Labute approximate surface area is 162 Å². The number of rotatable bonds is 3. The van der Waals surface area contributed by atoms with Crippen LogP contribution in [0.3, 0.4) is 0 Å². The zero-order chi connectivity index (χ0) is 18.3. The van der Waals surface area contributed by atoms with Crippen LogP contribution in [0.2, 0.25) is 10.0 Å². The second-order valence-corrected chi connectivity index (χ2v) is 7.11. The maximum Gasteiger partial charge on any atom is 0.138 e. The highest BCUT2D eigenvalue weighted by atomic mass is 35.5. The van der Waals surface area contributed by atoms with Crippen LogP contribution in [-0.4, -0.2) is 22.3 Å². The highest BCUT2D eigenvalue weighted by Crippen LogP contribution is 2.34. The molecule has 1 unspecified atom stereocenters. The van der Waals surface area contributed by atoms with E-state index >= 15 is 0 Å². The van der Waals surface area contributed by atoms with Crippen LogP contribution in [0.15, 0.2) is 53.7 Å². The number of hydrogen-bond donors (Lipinski definition) is 1. The Morgan fingerprint density at radius 3 is 2.69 bits per heavy atom. The van der Waals surface area contributed by atoms with Gasteiger partial charge in [0, 0.05) is 27.7 Å². The van der Waals surface area contributed by atoms with Crippen LogP contribution >= 0.6 is 23.2 Å². The third-order valence-corrected chi connectivity index (χ3v) is 5.06. The Morgan fingerprint density at radius 2 is 1.92 bits per heavy atom. The molecule has 2 heterocycles. The summed E-state index contributed by atoms with van der Waals surface area (Å²) in [5.41, 5.74) is 4.77. The van der Waals surface area contributed by atoms with Gasteiger partial charge in [-0.05, 0) is 38.2 Å². The molecule has 132 valence electrons. The van der Waals surface area contributed by atoms with E-state index in [0.717, 1.165) is 34.0 Å². The molecule has 1 aromatic heterocycles. The minimum atomic E-state index is -0.113. The standard InChI is InChI=1S/C20H18Cl2N4/c1-12-20-24-11-14(10-23-2)26(20)18-8-7-13(21)9-16(18)19(25-12)15-5-3-4-6-17(15)22/h3-9,11-12,23H,10H2,1-2H3. The van der Waals surface area contributed by atoms with Crippen molar-refractivity contribution in [3.05, 3.63) is 81.4 Å². The lowest BCUT2D eigenvalue weighted by molar-refractivity contribution is 0.701. The number of halogens is 2. The van der Waals surface area contributed by atoms with E-state index in [1.807, 2.05) is 62.6 Å². The van der Waals surface area contributed by atoms with Gasteiger partial charge >= 0.3 is 0 Å². The molecule has 0 bridgehead atoms. The van der Waals surface area contributed by atoms with E-state index in [0.29, 0.717) is 16.6 Å². The van der Waals surface area contributed by atoms with E-state index in [1.54, 1.807) is 0 Å². The minimum Gasteiger partial charge on any atom is -0.314 e. The van der Waals surface area contributed by atoms with Gasteiger partial charge < -0.3 is 5.32 Å². The summed E-state index contributed by atoms with van der Waals surface area (Å²) in [5.74, 6) is 0.904. The van der Waals surface area contributed by atoms with Gasteiger partial charge in [-0.15, -0.1) is 0 Å². The van der Waals surface area contributed by atoms with E-state index in [2.05, 4.69) is 14.9 Å². The number of hydrogen-bond acceptors (Lipinski definition) is 3. The zero-order valence-corrected chi connectivity index (χ0v) is 16.0. The molecular weight excluding hydrogens is 367 g/mol. The monoisotopic (exact) mass is 384 g/mol. The number of aliphatic imine (C=N–C) groups is 1. The van der Waals surface area contributed by atoms with E-state index < -0.39 is 0 Å². The minimum absolute atomic E-state index is 0.113. The zero-order valence-electron chi connectivity index (χ0n) is 14.5. The highest BCUT2D eigenvalue weighted by Gasteiger charge is 2.26. The Morgan fingerprint density at radius 1 is 1.12 bits per heavy atom. The Bertz CT molecular complexity index is 1010. The molecule has 4 nitrogen and oxygen atoms in total. The Balaban J connectivity index is 2.02.